The fourth-order valence-electron chi connectivity index (χ4n) is 7.72. The van der Waals surface area contributed by atoms with Crippen LogP contribution < -0.4 is 10.2 Å². The van der Waals surface area contributed by atoms with Gasteiger partial charge in [0.2, 0.25) is 11.6 Å². The van der Waals surface area contributed by atoms with Crippen molar-refractivity contribution < 1.29 is 52.0 Å². The molecule has 0 radical (unpaired) electrons. The average molecular weight is 799 g/mol. The number of carboxylic acid groups (broad SMARTS) is 3. The number of fused-ring (bicyclic) bond motifs is 4. The van der Waals surface area contributed by atoms with Crippen molar-refractivity contribution in [1.29, 1.82) is 0 Å². The first-order chi connectivity index (χ1) is 26.8. The molecule has 13 nitrogen and oxygen atoms in total. The van der Waals surface area contributed by atoms with Crippen LogP contribution in [0.5, 0.6) is 0 Å². The molecule has 3 aromatic rings. The van der Waals surface area contributed by atoms with E-state index in [0.717, 1.165) is 39.1 Å². The summed E-state index contributed by atoms with van der Waals surface area (Å²) in [6.07, 6.45) is 13.4. The number of unbranched alkanes of at least 4 members (excludes halogenated alkanes) is 1. The number of carbonyl (C=O) groups excluding carboxylic acids is 1. The second-order valence-corrected chi connectivity index (χ2v) is 16.5. The lowest BCUT2D eigenvalue weighted by Crippen LogP contribution is -2.42. The lowest BCUT2D eigenvalue weighted by atomic mass is 9.79. The number of carboxylic acids is 3. The highest BCUT2D eigenvalue weighted by Gasteiger charge is 2.45. The molecule has 3 aromatic carbocycles. The second kappa shape index (κ2) is 17.1. The van der Waals surface area contributed by atoms with Crippen molar-refractivity contribution in [2.45, 2.75) is 81.6 Å². The molecule has 2 aliphatic rings. The summed E-state index contributed by atoms with van der Waals surface area (Å²) in [5, 5.41) is 32.2. The van der Waals surface area contributed by atoms with Gasteiger partial charge < -0.3 is 25.5 Å². The molecule has 0 fully saturated rings. The van der Waals surface area contributed by atoms with Crippen LogP contribution in [0.1, 0.15) is 70.9 Å². The number of carbonyl (C=O) groups is 4. The lowest BCUT2D eigenvalue weighted by molar-refractivity contribution is -0.436. The number of benzene rings is 3. The molecule has 14 heteroatoms. The monoisotopic (exact) mass is 798 g/mol. The maximum Gasteiger partial charge on any atom is 0.326 e. The largest absolute Gasteiger partial charge is 0.481 e. The maximum atomic E-state index is 12.4. The molecular formula is C43H48N3O10S+. The highest BCUT2D eigenvalue weighted by Crippen LogP contribution is 2.49. The number of allylic oxidation sites excluding steroid dienone is 8. The molecule has 0 spiro atoms. The summed E-state index contributed by atoms with van der Waals surface area (Å²) in [6, 6.07) is 15.2. The van der Waals surface area contributed by atoms with Gasteiger partial charge in [0.25, 0.3) is 10.1 Å². The van der Waals surface area contributed by atoms with E-state index < -0.39 is 57.2 Å². The third kappa shape index (κ3) is 9.41. The van der Waals surface area contributed by atoms with Crippen LogP contribution in [0.2, 0.25) is 0 Å². The summed E-state index contributed by atoms with van der Waals surface area (Å²) >= 11 is 0. The molecule has 5 N–H and O–H groups in total. The molecule has 0 aliphatic carbocycles. The highest BCUT2D eigenvalue weighted by molar-refractivity contribution is 7.85. The van der Waals surface area contributed by atoms with Gasteiger partial charge in [0.1, 0.15) is 12.5 Å². The van der Waals surface area contributed by atoms with Crippen molar-refractivity contribution in [2.24, 2.45) is 0 Å². The minimum atomic E-state index is -4.46. The molecule has 1 unspecified atom stereocenters. The molecule has 2 aliphatic heterocycles. The van der Waals surface area contributed by atoms with Crippen molar-refractivity contribution in [3.63, 3.8) is 0 Å². The molecule has 0 bridgehead atoms. The molecule has 0 saturated carbocycles. The van der Waals surface area contributed by atoms with Crippen LogP contribution in [0.4, 0.5) is 11.4 Å². The van der Waals surface area contributed by atoms with Crippen molar-refractivity contribution in [2.75, 3.05) is 18.0 Å². The summed E-state index contributed by atoms with van der Waals surface area (Å²) in [4.78, 5) is 48.2. The first-order valence-corrected chi connectivity index (χ1v) is 20.0. The van der Waals surface area contributed by atoms with Crippen molar-refractivity contribution in [3.05, 3.63) is 114 Å². The smallest absolute Gasteiger partial charge is 0.326 e. The van der Waals surface area contributed by atoms with Gasteiger partial charge in [-0.2, -0.15) is 13.0 Å². The molecule has 57 heavy (non-hydrogen) atoms. The van der Waals surface area contributed by atoms with Gasteiger partial charge in [0.15, 0.2) is 12.3 Å². The van der Waals surface area contributed by atoms with Crippen molar-refractivity contribution >= 4 is 61.8 Å². The van der Waals surface area contributed by atoms with Gasteiger partial charge >= 0.3 is 17.9 Å². The number of anilines is 1. The van der Waals surface area contributed by atoms with Gasteiger partial charge in [0.05, 0.1) is 16.7 Å². The van der Waals surface area contributed by atoms with Crippen LogP contribution in [-0.2, 0) is 40.1 Å². The number of nitrogens with zero attached hydrogens (tertiary/aromatic N) is 2. The van der Waals surface area contributed by atoms with E-state index in [1.165, 1.54) is 12.1 Å². The molecular weight excluding hydrogens is 751 g/mol. The zero-order valence-corrected chi connectivity index (χ0v) is 33.1. The summed E-state index contributed by atoms with van der Waals surface area (Å²) in [5.41, 5.74) is 4.31. The summed E-state index contributed by atoms with van der Waals surface area (Å²) < 4.78 is 35.9. The van der Waals surface area contributed by atoms with Crippen LogP contribution in [0.3, 0.4) is 0 Å². The predicted octanol–water partition coefficient (Wildman–Crippen LogP) is 6.50. The van der Waals surface area contributed by atoms with Crippen molar-refractivity contribution in [1.82, 2.24) is 5.32 Å². The van der Waals surface area contributed by atoms with Crippen LogP contribution in [-0.4, -0.2) is 81.5 Å². The van der Waals surface area contributed by atoms with E-state index in [9.17, 15) is 42.4 Å². The Morgan fingerprint density at radius 3 is 2.23 bits per heavy atom. The Morgan fingerprint density at radius 1 is 0.842 bits per heavy atom. The van der Waals surface area contributed by atoms with Crippen LogP contribution in [0.25, 0.3) is 10.8 Å². The van der Waals surface area contributed by atoms with Crippen LogP contribution >= 0.6 is 0 Å². The number of nitrogens with one attached hydrogen (secondary N) is 1. The SMILES string of the molecule is CC1(C)C(/C=C/C=C/C=C/C=C2/N(CCCCC(=O)NC(CC(=O)O)C(=O)O)c3ccc(S(=O)(=O)O)cc3C2(C)C)=[N+](CCC(=O)O)c2ccc3ccccc3c21. The quantitative estimate of drug-likeness (QED) is 0.0432. The first kappa shape index (κ1) is 42.3. The molecule has 1 amide bonds. The Bertz CT molecular complexity index is 2370. The first-order valence-electron chi connectivity index (χ1n) is 18.6. The topological polar surface area (TPSA) is 202 Å². The summed E-state index contributed by atoms with van der Waals surface area (Å²) in [5.74, 6) is -4.23. The Hall–Kier alpha value is -5.86. The standard InChI is InChI=1S/C43H47N3O10S/c1-42(2)31-26-29(57(54,55)56)20-22-33(31)45(24-13-12-18-37(47)44-32(41(52)53)27-39(50)51)35(42)16-8-6-5-7-9-17-36-43(3,4)40-30-15-11-10-14-28(30)19-21-34(40)46(36)25-23-38(48)49/h5-11,14-17,19-22,26,32H,12-13,18,23-25,27H2,1-4H3,(H4-,44,47,48,49,50,51,52,53,54,55,56)/p+1. The third-order valence-corrected chi connectivity index (χ3v) is 11.3. The predicted molar refractivity (Wildman–Crippen MR) is 217 cm³/mol. The fraction of sp³-hybridized carbons (Fsp3) is 0.326. The van der Waals surface area contributed by atoms with Crippen molar-refractivity contribution in [3.8, 4) is 0 Å². The maximum absolute atomic E-state index is 12.4. The Morgan fingerprint density at radius 2 is 1.54 bits per heavy atom. The van der Waals surface area contributed by atoms with E-state index in [1.807, 2.05) is 73.4 Å². The fourth-order valence-corrected chi connectivity index (χ4v) is 8.23. The zero-order valence-electron chi connectivity index (χ0n) is 32.3. The minimum absolute atomic E-state index is 0.0154. The van der Waals surface area contributed by atoms with Crippen LogP contribution in [0, 0.1) is 0 Å². The molecule has 0 aromatic heterocycles. The molecule has 300 valence electrons. The van der Waals surface area contributed by atoms with Gasteiger partial charge in [-0.15, -0.1) is 0 Å². The normalized spacial score (nSPS) is 17.2. The summed E-state index contributed by atoms with van der Waals surface area (Å²) in [7, 11) is -4.46. The van der Waals surface area contributed by atoms with Gasteiger partial charge in [-0.25, -0.2) is 4.79 Å². The Labute approximate surface area is 331 Å². The second-order valence-electron chi connectivity index (χ2n) is 15.1. The van der Waals surface area contributed by atoms with E-state index in [-0.39, 0.29) is 17.7 Å². The summed E-state index contributed by atoms with van der Waals surface area (Å²) in [6.45, 7) is 8.93. The molecule has 1 atom stereocenters. The van der Waals surface area contributed by atoms with E-state index in [1.54, 1.807) is 6.07 Å². The average Bonchev–Trinajstić information content (AvgIpc) is 3.48. The Kier molecular flexibility index (Phi) is 12.7. The number of hydrogen-bond acceptors (Lipinski definition) is 7. The van der Waals surface area contributed by atoms with Gasteiger partial charge in [-0.1, -0.05) is 68.5 Å². The van der Waals surface area contributed by atoms with Crippen LogP contribution in [0.15, 0.2) is 108 Å². The van der Waals surface area contributed by atoms with E-state index >= 15 is 0 Å². The van der Waals surface area contributed by atoms with E-state index in [2.05, 4.69) is 48.0 Å². The van der Waals surface area contributed by atoms with E-state index in [0.29, 0.717) is 31.5 Å². The Balaban J connectivity index is 1.35. The van der Waals surface area contributed by atoms with Gasteiger partial charge in [-0.3, -0.25) is 18.9 Å². The van der Waals surface area contributed by atoms with Gasteiger partial charge in [0, 0.05) is 47.5 Å². The molecule has 2 heterocycles. The number of aliphatic carboxylic acids is 3. The molecule has 0 saturated heterocycles. The number of amides is 1. The molecule has 5 rings (SSSR count). The minimum Gasteiger partial charge on any atom is -0.481 e. The third-order valence-electron chi connectivity index (χ3n) is 10.5. The highest BCUT2D eigenvalue weighted by atomic mass is 32.2. The number of rotatable bonds is 17. The van der Waals surface area contributed by atoms with E-state index in [4.69, 9.17) is 5.11 Å². The zero-order chi connectivity index (χ0) is 41.7. The van der Waals surface area contributed by atoms with Gasteiger partial charge in [-0.05, 0) is 73.4 Å². The lowest BCUT2D eigenvalue weighted by Gasteiger charge is -2.27. The number of hydrogen-bond donors (Lipinski definition) is 5.